The van der Waals surface area contributed by atoms with Crippen molar-refractivity contribution in [3.05, 3.63) is 0 Å². The molecule has 0 aromatic heterocycles. The number of carbonyl (C=O) groups is 1. The fourth-order valence-corrected chi connectivity index (χ4v) is 2.17. The molecule has 1 fully saturated rings. The van der Waals surface area contributed by atoms with Gasteiger partial charge in [0.25, 0.3) is 0 Å². The number of rotatable bonds is 5. The standard InChI is InChI=1S/C11H21NO3/c1-4-12(7-11(2,3)15)9-6-5-8(9)10(13)14/h8-9,15H,4-7H2,1-3H3,(H,13,14). The van der Waals surface area contributed by atoms with Crippen LogP contribution in [0, 0.1) is 5.92 Å². The van der Waals surface area contributed by atoms with Gasteiger partial charge in [0.15, 0.2) is 0 Å². The number of carboxylic acids is 1. The van der Waals surface area contributed by atoms with Crippen LogP contribution < -0.4 is 0 Å². The summed E-state index contributed by atoms with van der Waals surface area (Å²) in [5.41, 5.74) is -0.755. The molecule has 0 aromatic rings. The van der Waals surface area contributed by atoms with Crippen LogP contribution in [-0.2, 0) is 4.79 Å². The molecule has 0 saturated heterocycles. The van der Waals surface area contributed by atoms with Gasteiger partial charge in [0.2, 0.25) is 0 Å². The van der Waals surface area contributed by atoms with Gasteiger partial charge in [-0.2, -0.15) is 0 Å². The van der Waals surface area contributed by atoms with Crippen LogP contribution in [0.5, 0.6) is 0 Å². The fourth-order valence-electron chi connectivity index (χ4n) is 2.17. The van der Waals surface area contributed by atoms with Crippen LogP contribution in [0.2, 0.25) is 0 Å². The number of hydrogen-bond acceptors (Lipinski definition) is 3. The molecule has 0 aromatic carbocycles. The van der Waals surface area contributed by atoms with Gasteiger partial charge in [-0.05, 0) is 33.2 Å². The van der Waals surface area contributed by atoms with Gasteiger partial charge in [0.05, 0.1) is 11.5 Å². The summed E-state index contributed by atoms with van der Waals surface area (Å²) in [5.74, 6) is -0.951. The molecular formula is C11H21NO3. The summed E-state index contributed by atoms with van der Waals surface area (Å²) in [4.78, 5) is 13.0. The topological polar surface area (TPSA) is 60.8 Å². The molecule has 88 valence electrons. The third-order valence-electron chi connectivity index (χ3n) is 3.02. The molecule has 0 aliphatic heterocycles. The molecule has 2 unspecified atom stereocenters. The summed E-state index contributed by atoms with van der Waals surface area (Å²) in [6.45, 7) is 6.84. The van der Waals surface area contributed by atoms with Gasteiger partial charge in [0, 0.05) is 12.6 Å². The van der Waals surface area contributed by atoms with Gasteiger partial charge < -0.3 is 10.2 Å². The minimum Gasteiger partial charge on any atom is -0.481 e. The summed E-state index contributed by atoms with van der Waals surface area (Å²) in [7, 11) is 0. The van der Waals surface area contributed by atoms with E-state index in [0.29, 0.717) is 6.54 Å². The number of likely N-dealkylation sites (N-methyl/N-ethyl adjacent to an activating group) is 1. The largest absolute Gasteiger partial charge is 0.481 e. The molecule has 1 rings (SSSR count). The van der Waals surface area contributed by atoms with Crippen LogP contribution in [0.4, 0.5) is 0 Å². The van der Waals surface area contributed by atoms with E-state index < -0.39 is 11.6 Å². The molecule has 1 aliphatic rings. The Labute approximate surface area is 90.9 Å². The highest BCUT2D eigenvalue weighted by Crippen LogP contribution is 2.32. The second-order valence-corrected chi connectivity index (χ2v) is 4.96. The Hall–Kier alpha value is -0.610. The third-order valence-corrected chi connectivity index (χ3v) is 3.02. The van der Waals surface area contributed by atoms with Crippen molar-refractivity contribution in [1.29, 1.82) is 0 Å². The molecule has 0 radical (unpaired) electrons. The van der Waals surface area contributed by atoms with E-state index in [-0.39, 0.29) is 12.0 Å². The SMILES string of the molecule is CCN(CC(C)(C)O)C1CCC1C(=O)O. The average Bonchev–Trinajstić information content (AvgIpc) is 1.96. The highest BCUT2D eigenvalue weighted by atomic mass is 16.4. The maximum Gasteiger partial charge on any atom is 0.308 e. The second kappa shape index (κ2) is 4.49. The summed E-state index contributed by atoms with van der Waals surface area (Å²) in [6.07, 6.45) is 1.70. The first-order valence-corrected chi connectivity index (χ1v) is 5.54. The van der Waals surface area contributed by atoms with E-state index in [4.69, 9.17) is 5.11 Å². The maximum absolute atomic E-state index is 10.9. The van der Waals surface area contributed by atoms with Crippen molar-refractivity contribution < 1.29 is 15.0 Å². The lowest BCUT2D eigenvalue weighted by molar-refractivity contribution is -0.150. The van der Waals surface area contributed by atoms with Crippen LogP contribution in [0.15, 0.2) is 0 Å². The van der Waals surface area contributed by atoms with E-state index in [2.05, 4.69) is 4.90 Å². The molecule has 4 heteroatoms. The molecule has 15 heavy (non-hydrogen) atoms. The van der Waals surface area contributed by atoms with Crippen LogP contribution in [-0.4, -0.2) is 45.8 Å². The minimum absolute atomic E-state index is 0.110. The van der Waals surface area contributed by atoms with Crippen molar-refractivity contribution in [3.8, 4) is 0 Å². The first-order chi connectivity index (χ1) is 6.85. The van der Waals surface area contributed by atoms with Crippen LogP contribution in [0.3, 0.4) is 0 Å². The van der Waals surface area contributed by atoms with Gasteiger partial charge >= 0.3 is 5.97 Å². The summed E-state index contributed by atoms with van der Waals surface area (Å²) >= 11 is 0. The van der Waals surface area contributed by atoms with Gasteiger partial charge in [-0.3, -0.25) is 9.69 Å². The first kappa shape index (κ1) is 12.5. The van der Waals surface area contributed by atoms with Crippen molar-refractivity contribution >= 4 is 5.97 Å². The van der Waals surface area contributed by atoms with Crippen molar-refractivity contribution in [1.82, 2.24) is 4.90 Å². The molecule has 0 bridgehead atoms. The Kier molecular flexibility index (Phi) is 3.73. The number of nitrogens with zero attached hydrogens (tertiary/aromatic N) is 1. The predicted molar refractivity (Wildman–Crippen MR) is 57.7 cm³/mol. The van der Waals surface area contributed by atoms with E-state index >= 15 is 0 Å². The van der Waals surface area contributed by atoms with E-state index in [1.807, 2.05) is 6.92 Å². The van der Waals surface area contributed by atoms with E-state index in [9.17, 15) is 9.90 Å². The Morgan fingerprint density at radius 1 is 1.47 bits per heavy atom. The third kappa shape index (κ3) is 3.18. The summed E-state index contributed by atoms with van der Waals surface area (Å²) in [5, 5.41) is 18.7. The molecule has 2 atom stereocenters. The normalized spacial score (nSPS) is 26.5. The number of aliphatic hydroxyl groups is 1. The van der Waals surface area contributed by atoms with Crippen molar-refractivity contribution in [3.63, 3.8) is 0 Å². The lowest BCUT2D eigenvalue weighted by Crippen LogP contribution is -2.53. The zero-order valence-corrected chi connectivity index (χ0v) is 9.73. The van der Waals surface area contributed by atoms with E-state index in [1.54, 1.807) is 13.8 Å². The van der Waals surface area contributed by atoms with Gasteiger partial charge in [-0.15, -0.1) is 0 Å². The lowest BCUT2D eigenvalue weighted by Gasteiger charge is -2.43. The van der Waals surface area contributed by atoms with Crippen molar-refractivity contribution in [2.45, 2.75) is 45.3 Å². The Morgan fingerprint density at radius 2 is 2.07 bits per heavy atom. The Bertz CT molecular complexity index is 234. The zero-order valence-electron chi connectivity index (χ0n) is 9.73. The highest BCUT2D eigenvalue weighted by molar-refractivity contribution is 5.72. The number of aliphatic carboxylic acids is 1. The first-order valence-electron chi connectivity index (χ1n) is 5.54. The quantitative estimate of drug-likeness (QED) is 0.716. The Balaban J connectivity index is 2.56. The number of carboxylic acid groups (broad SMARTS) is 1. The molecule has 1 aliphatic carbocycles. The smallest absolute Gasteiger partial charge is 0.308 e. The van der Waals surface area contributed by atoms with E-state index in [1.165, 1.54) is 0 Å². The monoisotopic (exact) mass is 215 g/mol. The number of hydrogen-bond donors (Lipinski definition) is 2. The van der Waals surface area contributed by atoms with Gasteiger partial charge in [0.1, 0.15) is 0 Å². The van der Waals surface area contributed by atoms with Crippen molar-refractivity contribution in [2.24, 2.45) is 5.92 Å². The minimum atomic E-state index is -0.755. The summed E-state index contributed by atoms with van der Waals surface area (Å²) in [6, 6.07) is 0.110. The molecule has 0 heterocycles. The molecule has 1 saturated carbocycles. The second-order valence-electron chi connectivity index (χ2n) is 4.96. The fraction of sp³-hybridized carbons (Fsp3) is 0.909. The molecule has 0 spiro atoms. The Morgan fingerprint density at radius 3 is 2.33 bits per heavy atom. The molecule has 0 amide bonds. The molecule has 2 N–H and O–H groups in total. The van der Waals surface area contributed by atoms with E-state index in [0.717, 1.165) is 19.4 Å². The lowest BCUT2D eigenvalue weighted by atomic mass is 9.78. The van der Waals surface area contributed by atoms with Crippen LogP contribution in [0.1, 0.15) is 33.6 Å². The van der Waals surface area contributed by atoms with Gasteiger partial charge in [-0.1, -0.05) is 6.92 Å². The average molecular weight is 215 g/mol. The van der Waals surface area contributed by atoms with Crippen LogP contribution >= 0.6 is 0 Å². The maximum atomic E-state index is 10.9. The zero-order chi connectivity index (χ0) is 11.6. The predicted octanol–water partition coefficient (Wildman–Crippen LogP) is 0.942. The summed E-state index contributed by atoms with van der Waals surface area (Å²) < 4.78 is 0. The van der Waals surface area contributed by atoms with Gasteiger partial charge in [-0.25, -0.2) is 0 Å². The molecular weight excluding hydrogens is 194 g/mol. The van der Waals surface area contributed by atoms with Crippen molar-refractivity contribution in [2.75, 3.05) is 13.1 Å². The van der Waals surface area contributed by atoms with Crippen LogP contribution in [0.25, 0.3) is 0 Å². The molecule has 4 nitrogen and oxygen atoms in total. The highest BCUT2D eigenvalue weighted by Gasteiger charge is 2.40.